The zero-order valence-electron chi connectivity index (χ0n) is 12.1. The quantitative estimate of drug-likeness (QED) is 0.581. The summed E-state index contributed by atoms with van der Waals surface area (Å²) in [5, 5.41) is 24.3. The molecule has 122 valence electrons. The van der Waals surface area contributed by atoms with Gasteiger partial charge in [0.1, 0.15) is 17.3 Å². The Balaban J connectivity index is 2.13. The number of rotatable bonds is 4. The van der Waals surface area contributed by atoms with Gasteiger partial charge in [-0.2, -0.15) is 0 Å². The van der Waals surface area contributed by atoms with Crippen LogP contribution in [-0.2, 0) is 6.61 Å². The number of hydrogen-bond donors (Lipinski definition) is 1. The van der Waals surface area contributed by atoms with Crippen LogP contribution in [0.1, 0.15) is 5.56 Å². The van der Waals surface area contributed by atoms with Gasteiger partial charge in [0.2, 0.25) is 0 Å². The van der Waals surface area contributed by atoms with Gasteiger partial charge in [-0.1, -0.05) is 17.3 Å². The summed E-state index contributed by atoms with van der Waals surface area (Å²) in [7, 11) is 0. The number of non-ortho nitro benzene ring substituents is 1. The van der Waals surface area contributed by atoms with Gasteiger partial charge in [0.05, 0.1) is 17.1 Å². The average Bonchev–Trinajstić information content (AvgIpc) is 2.98. The van der Waals surface area contributed by atoms with Crippen LogP contribution in [-0.4, -0.2) is 15.2 Å². The van der Waals surface area contributed by atoms with Crippen molar-refractivity contribution in [1.82, 2.24) is 5.16 Å². The number of nitrogens with zero attached hydrogens (tertiary/aromatic N) is 2. The van der Waals surface area contributed by atoms with Crippen LogP contribution in [0, 0.1) is 21.7 Å². The van der Waals surface area contributed by atoms with E-state index in [0.717, 1.165) is 12.1 Å². The number of benzene rings is 2. The third-order valence-corrected chi connectivity index (χ3v) is 3.40. The van der Waals surface area contributed by atoms with E-state index in [2.05, 4.69) is 5.16 Å². The molecule has 1 aromatic heterocycles. The molecule has 0 saturated carbocycles. The maximum atomic E-state index is 13.4. The minimum absolute atomic E-state index is 0.00240. The van der Waals surface area contributed by atoms with Crippen LogP contribution in [0.15, 0.2) is 47.0 Å². The Hall–Kier alpha value is -3.13. The zero-order chi connectivity index (χ0) is 17.3. The number of aromatic nitrogens is 1. The number of aliphatic hydroxyl groups excluding tert-OH is 1. The molecule has 8 heteroatoms. The van der Waals surface area contributed by atoms with Gasteiger partial charge in [-0.25, -0.2) is 8.78 Å². The normalized spacial score (nSPS) is 10.8. The van der Waals surface area contributed by atoms with Crippen LogP contribution in [0.2, 0.25) is 0 Å². The van der Waals surface area contributed by atoms with Gasteiger partial charge >= 0.3 is 0 Å². The number of hydrogen-bond acceptors (Lipinski definition) is 5. The van der Waals surface area contributed by atoms with E-state index in [1.165, 1.54) is 18.2 Å². The summed E-state index contributed by atoms with van der Waals surface area (Å²) in [6.07, 6.45) is 0. The smallest absolute Gasteiger partial charge is 0.270 e. The molecule has 6 nitrogen and oxygen atoms in total. The molecular weight excluding hydrogens is 322 g/mol. The summed E-state index contributed by atoms with van der Waals surface area (Å²) in [6.45, 7) is -0.519. The van der Waals surface area contributed by atoms with Gasteiger partial charge in [-0.15, -0.1) is 0 Å². The fourth-order valence-electron chi connectivity index (χ4n) is 2.36. The second-order valence-corrected chi connectivity index (χ2v) is 4.96. The average molecular weight is 332 g/mol. The first-order valence-corrected chi connectivity index (χ1v) is 6.80. The summed E-state index contributed by atoms with van der Waals surface area (Å²) < 4.78 is 31.9. The van der Waals surface area contributed by atoms with Crippen LogP contribution < -0.4 is 0 Å². The minimum Gasteiger partial charge on any atom is -0.391 e. The molecule has 3 aromatic rings. The first-order valence-electron chi connectivity index (χ1n) is 6.80. The molecule has 0 aliphatic heterocycles. The Morgan fingerprint density at radius 1 is 1.12 bits per heavy atom. The molecule has 0 fully saturated rings. The Labute approximate surface area is 134 Å². The third-order valence-electron chi connectivity index (χ3n) is 3.40. The van der Waals surface area contributed by atoms with Crippen LogP contribution in [0.5, 0.6) is 0 Å². The molecule has 0 radical (unpaired) electrons. The number of nitro groups is 1. The fourth-order valence-corrected chi connectivity index (χ4v) is 2.36. The second-order valence-electron chi connectivity index (χ2n) is 4.96. The van der Waals surface area contributed by atoms with Crippen molar-refractivity contribution in [2.75, 3.05) is 0 Å². The van der Waals surface area contributed by atoms with Crippen molar-refractivity contribution in [3.63, 3.8) is 0 Å². The van der Waals surface area contributed by atoms with E-state index in [9.17, 15) is 24.0 Å². The van der Waals surface area contributed by atoms with Crippen LogP contribution in [0.4, 0.5) is 14.5 Å². The molecule has 0 unspecified atom stereocenters. The van der Waals surface area contributed by atoms with Gasteiger partial charge < -0.3 is 9.63 Å². The van der Waals surface area contributed by atoms with Crippen LogP contribution >= 0.6 is 0 Å². The summed E-state index contributed by atoms with van der Waals surface area (Å²) in [4.78, 5) is 10.3. The van der Waals surface area contributed by atoms with Gasteiger partial charge in [0.15, 0.2) is 5.76 Å². The lowest BCUT2D eigenvalue weighted by Crippen LogP contribution is -1.92. The van der Waals surface area contributed by atoms with Crippen LogP contribution in [0.3, 0.4) is 0 Å². The molecule has 0 spiro atoms. The molecule has 0 saturated heterocycles. The van der Waals surface area contributed by atoms with E-state index in [0.29, 0.717) is 11.6 Å². The maximum absolute atomic E-state index is 13.4. The zero-order valence-corrected chi connectivity index (χ0v) is 12.1. The highest BCUT2D eigenvalue weighted by molar-refractivity contribution is 5.73. The fraction of sp³-hybridized carbons (Fsp3) is 0.0625. The number of nitro benzene ring substituents is 1. The summed E-state index contributed by atoms with van der Waals surface area (Å²) in [5.74, 6) is -1.61. The highest BCUT2D eigenvalue weighted by Gasteiger charge is 2.20. The Bertz CT molecular complexity index is 904. The van der Waals surface area contributed by atoms with Crippen molar-refractivity contribution in [3.05, 3.63) is 69.8 Å². The van der Waals surface area contributed by atoms with Crippen molar-refractivity contribution in [2.24, 2.45) is 0 Å². The summed E-state index contributed by atoms with van der Waals surface area (Å²) in [5.41, 5.74) is 0.611. The molecule has 0 atom stereocenters. The lowest BCUT2D eigenvalue weighted by molar-refractivity contribution is -0.384. The Morgan fingerprint density at radius 2 is 1.83 bits per heavy atom. The van der Waals surface area contributed by atoms with Gasteiger partial charge in [0.25, 0.3) is 5.69 Å². The molecular formula is C16H10F2N2O4. The van der Waals surface area contributed by atoms with Crippen molar-refractivity contribution < 1.29 is 23.3 Å². The van der Waals surface area contributed by atoms with E-state index < -0.39 is 23.2 Å². The summed E-state index contributed by atoms with van der Waals surface area (Å²) >= 11 is 0. The summed E-state index contributed by atoms with van der Waals surface area (Å²) in [6, 6.07) is 8.39. The highest BCUT2D eigenvalue weighted by Crippen LogP contribution is 2.34. The molecule has 0 bridgehead atoms. The van der Waals surface area contributed by atoms with E-state index >= 15 is 0 Å². The van der Waals surface area contributed by atoms with E-state index in [-0.39, 0.29) is 28.3 Å². The minimum atomic E-state index is -0.804. The Kier molecular flexibility index (Phi) is 4.05. The second kappa shape index (κ2) is 6.17. The lowest BCUT2D eigenvalue weighted by Gasteiger charge is -2.02. The molecule has 2 aromatic carbocycles. The van der Waals surface area contributed by atoms with Crippen LogP contribution in [0.25, 0.3) is 22.6 Å². The number of halogens is 2. The van der Waals surface area contributed by atoms with Crippen molar-refractivity contribution >= 4 is 5.69 Å². The Morgan fingerprint density at radius 3 is 2.46 bits per heavy atom. The first kappa shape index (κ1) is 15.8. The SMILES string of the molecule is O=[N+]([O-])c1cccc(-c2noc(-c3cc(F)cc(F)c3)c2CO)c1. The van der Waals surface area contributed by atoms with Crippen molar-refractivity contribution in [2.45, 2.75) is 6.61 Å². The standard InChI is InChI=1S/C16H10F2N2O4/c17-11-4-10(5-12(18)7-11)16-14(8-21)15(19-24-16)9-2-1-3-13(6-9)20(22)23/h1-7,21H,8H2. The molecule has 0 aliphatic rings. The van der Waals surface area contributed by atoms with Gasteiger partial charge in [-0.3, -0.25) is 10.1 Å². The monoisotopic (exact) mass is 332 g/mol. The maximum Gasteiger partial charge on any atom is 0.270 e. The van der Waals surface area contributed by atoms with Gasteiger partial charge in [0, 0.05) is 29.3 Å². The molecule has 24 heavy (non-hydrogen) atoms. The predicted octanol–water partition coefficient (Wildman–Crippen LogP) is 3.69. The largest absolute Gasteiger partial charge is 0.391 e. The first-order chi connectivity index (χ1) is 11.5. The predicted molar refractivity (Wildman–Crippen MR) is 79.9 cm³/mol. The highest BCUT2D eigenvalue weighted by atomic mass is 19.1. The molecule has 3 rings (SSSR count). The van der Waals surface area contributed by atoms with Crippen molar-refractivity contribution in [1.29, 1.82) is 0 Å². The van der Waals surface area contributed by atoms with E-state index in [4.69, 9.17) is 4.52 Å². The molecule has 0 amide bonds. The molecule has 0 aliphatic carbocycles. The third kappa shape index (κ3) is 2.86. The molecule has 1 heterocycles. The van der Waals surface area contributed by atoms with E-state index in [1.807, 2.05) is 0 Å². The topological polar surface area (TPSA) is 89.4 Å². The van der Waals surface area contributed by atoms with Crippen molar-refractivity contribution in [3.8, 4) is 22.6 Å². The molecule has 1 N–H and O–H groups in total. The van der Waals surface area contributed by atoms with Gasteiger partial charge in [-0.05, 0) is 12.1 Å². The van der Waals surface area contributed by atoms with E-state index in [1.54, 1.807) is 6.07 Å². The lowest BCUT2D eigenvalue weighted by atomic mass is 10.0. The number of aliphatic hydroxyl groups is 1.